The van der Waals surface area contributed by atoms with Crippen molar-refractivity contribution >= 4 is 29.0 Å². The Balaban J connectivity index is 2.55. The van der Waals surface area contributed by atoms with Crippen LogP contribution in [0.15, 0.2) is 17.3 Å². The zero-order valence-electron chi connectivity index (χ0n) is 8.66. The minimum atomic E-state index is -0.116. The highest BCUT2D eigenvalue weighted by atomic mass is 35.5. The van der Waals surface area contributed by atoms with Crippen LogP contribution in [0.5, 0.6) is 0 Å². The molecule has 0 spiro atoms. The molecule has 0 fully saturated rings. The Kier molecular flexibility index (Phi) is 4.65. The van der Waals surface area contributed by atoms with Gasteiger partial charge in [0.2, 0.25) is 5.91 Å². The first-order chi connectivity index (χ1) is 7.63. The molecule has 0 aromatic carbocycles. The highest BCUT2D eigenvalue weighted by molar-refractivity contribution is 6.29. The summed E-state index contributed by atoms with van der Waals surface area (Å²) < 4.78 is 0. The first kappa shape index (κ1) is 12.4. The van der Waals surface area contributed by atoms with Crippen molar-refractivity contribution in [1.82, 2.24) is 10.3 Å². The van der Waals surface area contributed by atoms with Gasteiger partial charge in [-0.05, 0) is 17.3 Å². The molecule has 0 aliphatic rings. The molecule has 1 heterocycles. The van der Waals surface area contributed by atoms with Crippen LogP contribution < -0.4 is 10.6 Å². The Hall–Kier alpha value is -1.69. The van der Waals surface area contributed by atoms with Gasteiger partial charge in [-0.1, -0.05) is 11.6 Å². The summed E-state index contributed by atoms with van der Waals surface area (Å²) in [6, 6.07) is 2.96. The molecule has 0 atom stereocenters. The zero-order valence-corrected chi connectivity index (χ0v) is 9.41. The van der Waals surface area contributed by atoms with Crippen molar-refractivity contribution in [2.45, 2.75) is 6.92 Å². The standard InChI is InChI=1S/C9H11ClN4O2/c1-6(15)11-4-5-12-9-7(14-16)2-3-8(10)13-9/h2-3H,4-5H2,1H3,(H,11,15)(H,12,13). The van der Waals surface area contributed by atoms with Crippen molar-refractivity contribution in [2.75, 3.05) is 18.4 Å². The minimum Gasteiger partial charge on any atom is -0.366 e. The van der Waals surface area contributed by atoms with Crippen LogP contribution in [-0.2, 0) is 4.79 Å². The van der Waals surface area contributed by atoms with Crippen LogP contribution in [0.25, 0.3) is 0 Å². The summed E-state index contributed by atoms with van der Waals surface area (Å²) in [6.45, 7) is 2.30. The summed E-state index contributed by atoms with van der Waals surface area (Å²) in [5, 5.41) is 8.53. The number of nitrogens with zero attached hydrogens (tertiary/aromatic N) is 2. The number of carbonyl (C=O) groups is 1. The lowest BCUT2D eigenvalue weighted by Gasteiger charge is -2.07. The number of anilines is 1. The molecule has 86 valence electrons. The van der Waals surface area contributed by atoms with Gasteiger partial charge in [0.1, 0.15) is 10.8 Å². The molecule has 1 aromatic heterocycles. The quantitative estimate of drug-likeness (QED) is 0.467. The second-order valence-electron chi connectivity index (χ2n) is 3.00. The lowest BCUT2D eigenvalue weighted by Crippen LogP contribution is -2.26. The molecule has 0 radical (unpaired) electrons. The number of pyridine rings is 1. The molecule has 0 aliphatic carbocycles. The minimum absolute atomic E-state index is 0.116. The molecule has 1 rings (SSSR count). The van der Waals surface area contributed by atoms with Gasteiger partial charge in [-0.3, -0.25) is 4.79 Å². The normalized spacial score (nSPS) is 9.62. The van der Waals surface area contributed by atoms with E-state index in [2.05, 4.69) is 20.8 Å². The monoisotopic (exact) mass is 242 g/mol. The zero-order chi connectivity index (χ0) is 12.0. The number of amides is 1. The summed E-state index contributed by atoms with van der Waals surface area (Å²) in [4.78, 5) is 24.9. The van der Waals surface area contributed by atoms with Crippen molar-refractivity contribution < 1.29 is 4.79 Å². The van der Waals surface area contributed by atoms with E-state index in [1.165, 1.54) is 19.1 Å². The van der Waals surface area contributed by atoms with Gasteiger partial charge in [-0.2, -0.15) is 0 Å². The number of hydrogen-bond acceptors (Lipinski definition) is 5. The van der Waals surface area contributed by atoms with E-state index in [0.717, 1.165) is 0 Å². The van der Waals surface area contributed by atoms with Crippen molar-refractivity contribution in [3.05, 3.63) is 22.2 Å². The average molecular weight is 243 g/mol. The van der Waals surface area contributed by atoms with E-state index >= 15 is 0 Å². The van der Waals surface area contributed by atoms with Gasteiger partial charge in [0.05, 0.1) is 0 Å². The summed E-state index contributed by atoms with van der Waals surface area (Å²) in [5.74, 6) is 0.197. The summed E-state index contributed by atoms with van der Waals surface area (Å²) in [5.41, 5.74) is 0.187. The summed E-state index contributed by atoms with van der Waals surface area (Å²) in [6.07, 6.45) is 0. The predicted molar refractivity (Wildman–Crippen MR) is 61.9 cm³/mol. The van der Waals surface area contributed by atoms with Gasteiger partial charge in [0.15, 0.2) is 5.82 Å². The van der Waals surface area contributed by atoms with E-state index in [9.17, 15) is 9.70 Å². The van der Waals surface area contributed by atoms with E-state index in [-0.39, 0.29) is 16.7 Å². The fourth-order valence-electron chi connectivity index (χ4n) is 1.05. The number of halogens is 1. The maximum atomic E-state index is 10.6. The smallest absolute Gasteiger partial charge is 0.216 e. The fraction of sp³-hybridized carbons (Fsp3) is 0.333. The van der Waals surface area contributed by atoms with Crippen molar-refractivity contribution in [2.24, 2.45) is 5.18 Å². The van der Waals surface area contributed by atoms with Crippen LogP contribution in [0.1, 0.15) is 6.92 Å². The van der Waals surface area contributed by atoms with E-state index in [0.29, 0.717) is 18.9 Å². The third-order valence-corrected chi connectivity index (χ3v) is 1.94. The van der Waals surface area contributed by atoms with Crippen molar-refractivity contribution in [3.63, 3.8) is 0 Å². The second-order valence-corrected chi connectivity index (χ2v) is 3.39. The molecule has 0 bridgehead atoms. The van der Waals surface area contributed by atoms with E-state index in [4.69, 9.17) is 11.6 Å². The Morgan fingerprint density at radius 2 is 2.25 bits per heavy atom. The maximum absolute atomic E-state index is 10.6. The number of nitroso groups, excluding NO2 is 1. The van der Waals surface area contributed by atoms with Gasteiger partial charge in [-0.15, -0.1) is 4.91 Å². The van der Waals surface area contributed by atoms with E-state index in [1.54, 1.807) is 0 Å². The Morgan fingerprint density at radius 1 is 1.50 bits per heavy atom. The van der Waals surface area contributed by atoms with Crippen molar-refractivity contribution in [3.8, 4) is 0 Å². The molecule has 1 aromatic rings. The first-order valence-electron chi connectivity index (χ1n) is 4.61. The van der Waals surface area contributed by atoms with Crippen LogP contribution >= 0.6 is 11.6 Å². The highest BCUT2D eigenvalue weighted by Crippen LogP contribution is 2.23. The highest BCUT2D eigenvalue weighted by Gasteiger charge is 2.04. The summed E-state index contributed by atoms with van der Waals surface area (Å²) >= 11 is 5.67. The molecule has 1 amide bonds. The molecule has 0 aliphatic heterocycles. The third-order valence-electron chi connectivity index (χ3n) is 1.73. The van der Waals surface area contributed by atoms with Crippen LogP contribution in [0, 0.1) is 4.91 Å². The molecule has 2 N–H and O–H groups in total. The van der Waals surface area contributed by atoms with Gasteiger partial charge < -0.3 is 10.6 Å². The largest absolute Gasteiger partial charge is 0.366 e. The average Bonchev–Trinajstić information content (AvgIpc) is 2.24. The van der Waals surface area contributed by atoms with Crippen LogP contribution in [0.2, 0.25) is 5.15 Å². The first-order valence-corrected chi connectivity index (χ1v) is 4.99. The molecular weight excluding hydrogens is 232 g/mol. The van der Waals surface area contributed by atoms with Gasteiger partial charge in [0, 0.05) is 20.0 Å². The topological polar surface area (TPSA) is 83.4 Å². The number of carbonyl (C=O) groups excluding carboxylic acids is 1. The maximum Gasteiger partial charge on any atom is 0.216 e. The molecule has 0 saturated heterocycles. The molecule has 6 nitrogen and oxygen atoms in total. The van der Waals surface area contributed by atoms with Crippen LogP contribution in [0.4, 0.5) is 11.5 Å². The Bertz CT molecular complexity index is 397. The lowest BCUT2D eigenvalue weighted by atomic mass is 10.4. The Labute approximate surface area is 97.4 Å². The predicted octanol–water partition coefficient (Wildman–Crippen LogP) is 1.68. The second kappa shape index (κ2) is 6.02. The number of rotatable bonds is 5. The number of aromatic nitrogens is 1. The fourth-order valence-corrected chi connectivity index (χ4v) is 1.20. The van der Waals surface area contributed by atoms with Crippen LogP contribution in [0.3, 0.4) is 0 Å². The molecule has 0 unspecified atom stereocenters. The van der Waals surface area contributed by atoms with Crippen molar-refractivity contribution in [1.29, 1.82) is 0 Å². The SMILES string of the molecule is CC(=O)NCCNc1nc(Cl)ccc1N=O. The number of hydrogen-bond donors (Lipinski definition) is 2. The molecule has 0 saturated carbocycles. The lowest BCUT2D eigenvalue weighted by molar-refractivity contribution is -0.118. The molecular formula is C9H11ClN4O2. The molecule has 16 heavy (non-hydrogen) atoms. The number of nitrogens with one attached hydrogen (secondary N) is 2. The van der Waals surface area contributed by atoms with E-state index < -0.39 is 0 Å². The summed E-state index contributed by atoms with van der Waals surface area (Å²) in [7, 11) is 0. The van der Waals surface area contributed by atoms with Gasteiger partial charge in [0.25, 0.3) is 0 Å². The molecule has 7 heteroatoms. The van der Waals surface area contributed by atoms with Crippen LogP contribution in [-0.4, -0.2) is 24.0 Å². The third kappa shape index (κ3) is 3.82. The van der Waals surface area contributed by atoms with Gasteiger partial charge in [-0.25, -0.2) is 4.98 Å². The Morgan fingerprint density at radius 3 is 2.88 bits per heavy atom. The van der Waals surface area contributed by atoms with Gasteiger partial charge >= 0.3 is 0 Å². The van der Waals surface area contributed by atoms with E-state index in [1.807, 2.05) is 0 Å².